The van der Waals surface area contributed by atoms with Crippen LogP contribution in [0.3, 0.4) is 0 Å². The third-order valence-electron chi connectivity index (χ3n) is 7.57. The Kier molecular flexibility index (Phi) is 11.4. The number of anilines is 1. The first-order valence-corrected chi connectivity index (χ1v) is 16.8. The maximum atomic E-state index is 14.5. The van der Waals surface area contributed by atoms with Gasteiger partial charge in [-0.1, -0.05) is 96.4 Å². The minimum Gasteiger partial charge on any atom is -0.354 e. The van der Waals surface area contributed by atoms with E-state index in [4.69, 9.17) is 11.6 Å². The maximum Gasteiger partial charge on any atom is 0.264 e. The lowest BCUT2D eigenvalue weighted by Crippen LogP contribution is -2.53. The Hall–Kier alpha value is -4.14. The minimum absolute atomic E-state index is 0.0573. The molecule has 0 aliphatic heterocycles. The lowest BCUT2D eigenvalue weighted by atomic mass is 10.0. The quantitative estimate of drug-likeness (QED) is 0.177. The molecule has 0 heterocycles. The molecular weight excluding hydrogens is 606 g/mol. The van der Waals surface area contributed by atoms with Gasteiger partial charge in [0.15, 0.2) is 0 Å². The number of hydrogen-bond acceptors (Lipinski definition) is 4. The van der Waals surface area contributed by atoms with Crippen LogP contribution in [0.2, 0.25) is 5.02 Å². The van der Waals surface area contributed by atoms with Gasteiger partial charge in [-0.05, 0) is 74.2 Å². The van der Waals surface area contributed by atoms with E-state index in [9.17, 15) is 18.0 Å². The summed E-state index contributed by atoms with van der Waals surface area (Å²) in [6, 6.07) is 27.7. The highest BCUT2D eigenvalue weighted by molar-refractivity contribution is 7.92. The van der Waals surface area contributed by atoms with E-state index in [1.54, 1.807) is 48.5 Å². The van der Waals surface area contributed by atoms with Crippen molar-refractivity contribution in [3.8, 4) is 0 Å². The van der Waals surface area contributed by atoms with Gasteiger partial charge in [0.05, 0.1) is 10.6 Å². The van der Waals surface area contributed by atoms with Crippen LogP contribution in [-0.4, -0.2) is 44.3 Å². The molecule has 236 valence electrons. The predicted molar refractivity (Wildman–Crippen MR) is 181 cm³/mol. The summed E-state index contributed by atoms with van der Waals surface area (Å²) in [4.78, 5) is 29.8. The van der Waals surface area contributed by atoms with Gasteiger partial charge >= 0.3 is 0 Å². The monoisotopic (exact) mass is 645 g/mol. The summed E-state index contributed by atoms with van der Waals surface area (Å²) < 4.78 is 29.6. The maximum absolute atomic E-state index is 14.5. The van der Waals surface area contributed by atoms with E-state index >= 15 is 0 Å². The third kappa shape index (κ3) is 8.74. The van der Waals surface area contributed by atoms with Crippen molar-refractivity contribution < 1.29 is 18.0 Å². The minimum atomic E-state index is -4.17. The van der Waals surface area contributed by atoms with Gasteiger partial charge in [0.1, 0.15) is 12.6 Å². The van der Waals surface area contributed by atoms with Crippen molar-refractivity contribution in [2.24, 2.45) is 0 Å². The molecule has 4 aromatic rings. The van der Waals surface area contributed by atoms with E-state index in [1.165, 1.54) is 4.90 Å². The van der Waals surface area contributed by atoms with Crippen LogP contribution in [0.15, 0.2) is 102 Å². The molecule has 4 aromatic carbocycles. The smallest absolute Gasteiger partial charge is 0.264 e. The highest BCUT2D eigenvalue weighted by Crippen LogP contribution is 2.29. The Morgan fingerprint density at radius 3 is 2.13 bits per heavy atom. The standard InChI is InChI=1S/C36H40ClN3O4S/c1-5-20-38-36(42)34(23-29-10-7-6-8-11-29)39(24-30-12-9-13-31(37)22-30)35(41)25-40(33-19-16-27(3)21-28(33)4)45(43,44)32-17-14-26(2)15-18-32/h6-19,21-22,34H,5,20,23-25H2,1-4H3,(H,38,42)/t34-/m1/s1. The van der Waals surface area contributed by atoms with E-state index < -0.39 is 28.5 Å². The predicted octanol–water partition coefficient (Wildman–Crippen LogP) is 6.63. The van der Waals surface area contributed by atoms with Gasteiger partial charge in [-0.3, -0.25) is 13.9 Å². The van der Waals surface area contributed by atoms with E-state index in [-0.39, 0.29) is 23.8 Å². The van der Waals surface area contributed by atoms with Crippen molar-refractivity contribution in [3.05, 3.63) is 130 Å². The molecule has 0 saturated heterocycles. The molecular formula is C36H40ClN3O4S. The topological polar surface area (TPSA) is 86.8 Å². The third-order valence-corrected chi connectivity index (χ3v) is 9.58. The Morgan fingerprint density at radius 1 is 0.822 bits per heavy atom. The van der Waals surface area contributed by atoms with Crippen molar-refractivity contribution >= 4 is 39.1 Å². The molecule has 0 radical (unpaired) electrons. The van der Waals surface area contributed by atoms with Crippen molar-refractivity contribution in [3.63, 3.8) is 0 Å². The first-order chi connectivity index (χ1) is 21.5. The summed E-state index contributed by atoms with van der Waals surface area (Å²) in [5, 5.41) is 3.45. The van der Waals surface area contributed by atoms with E-state index in [0.717, 1.165) is 33.0 Å². The van der Waals surface area contributed by atoms with E-state index in [2.05, 4.69) is 5.32 Å². The van der Waals surface area contributed by atoms with Gasteiger partial charge in [-0.25, -0.2) is 8.42 Å². The number of halogens is 1. The fourth-order valence-electron chi connectivity index (χ4n) is 5.19. The van der Waals surface area contributed by atoms with Gasteiger partial charge in [0, 0.05) is 24.5 Å². The van der Waals surface area contributed by atoms with Gasteiger partial charge in [0.25, 0.3) is 10.0 Å². The second-order valence-electron chi connectivity index (χ2n) is 11.3. The van der Waals surface area contributed by atoms with Gasteiger partial charge in [-0.15, -0.1) is 0 Å². The molecule has 4 rings (SSSR count). The van der Waals surface area contributed by atoms with E-state index in [1.807, 2.05) is 76.2 Å². The lowest BCUT2D eigenvalue weighted by molar-refractivity contribution is -0.140. The Labute approximate surface area is 271 Å². The molecule has 0 spiro atoms. The summed E-state index contributed by atoms with van der Waals surface area (Å²) in [5.41, 5.74) is 4.58. The van der Waals surface area contributed by atoms with Crippen LogP contribution in [0.25, 0.3) is 0 Å². The van der Waals surface area contributed by atoms with E-state index in [0.29, 0.717) is 22.8 Å². The van der Waals surface area contributed by atoms with Crippen molar-refractivity contribution in [2.75, 3.05) is 17.4 Å². The fourth-order valence-corrected chi connectivity index (χ4v) is 6.88. The van der Waals surface area contributed by atoms with Gasteiger partial charge in [0.2, 0.25) is 11.8 Å². The summed E-state index contributed by atoms with van der Waals surface area (Å²) in [7, 11) is -4.17. The molecule has 9 heteroatoms. The van der Waals surface area contributed by atoms with Crippen molar-refractivity contribution in [1.82, 2.24) is 10.2 Å². The average molecular weight is 646 g/mol. The Balaban J connectivity index is 1.82. The van der Waals surface area contributed by atoms with Crippen LogP contribution in [0.4, 0.5) is 5.69 Å². The number of carbonyl (C=O) groups is 2. The molecule has 2 amide bonds. The molecule has 0 unspecified atom stereocenters. The highest BCUT2D eigenvalue weighted by atomic mass is 35.5. The number of aryl methyl sites for hydroxylation is 3. The molecule has 1 N–H and O–H groups in total. The number of carbonyl (C=O) groups excluding carboxylic acids is 2. The second kappa shape index (κ2) is 15.2. The highest BCUT2D eigenvalue weighted by Gasteiger charge is 2.35. The number of nitrogens with zero attached hydrogens (tertiary/aromatic N) is 2. The number of amides is 2. The summed E-state index contributed by atoms with van der Waals surface area (Å²) in [6.07, 6.45) is 0.971. The normalized spacial score (nSPS) is 11.9. The first-order valence-electron chi connectivity index (χ1n) is 15.0. The first kappa shape index (κ1) is 33.7. The molecule has 45 heavy (non-hydrogen) atoms. The molecule has 7 nitrogen and oxygen atoms in total. The second-order valence-corrected chi connectivity index (χ2v) is 13.6. The number of benzene rings is 4. The van der Waals surface area contributed by atoms with Crippen LogP contribution >= 0.6 is 11.6 Å². The zero-order valence-corrected chi connectivity index (χ0v) is 27.7. The molecule has 0 bridgehead atoms. The lowest BCUT2D eigenvalue weighted by Gasteiger charge is -2.34. The van der Waals surface area contributed by atoms with Gasteiger partial charge in [-0.2, -0.15) is 0 Å². The average Bonchev–Trinajstić information content (AvgIpc) is 3.01. The van der Waals surface area contributed by atoms with Crippen molar-refractivity contribution in [1.29, 1.82) is 0 Å². The molecule has 0 aliphatic rings. The van der Waals surface area contributed by atoms with Crippen LogP contribution in [0, 0.1) is 20.8 Å². The fraction of sp³-hybridized carbons (Fsp3) is 0.278. The zero-order chi connectivity index (χ0) is 32.6. The SMILES string of the molecule is CCCNC(=O)[C@@H](Cc1ccccc1)N(Cc1cccc(Cl)c1)C(=O)CN(c1ccc(C)cc1C)S(=O)(=O)c1ccc(C)cc1. The summed E-state index contributed by atoms with van der Waals surface area (Å²) in [5.74, 6) is -0.825. The molecule has 0 aromatic heterocycles. The number of rotatable bonds is 13. The van der Waals surface area contributed by atoms with Crippen LogP contribution in [-0.2, 0) is 32.6 Å². The van der Waals surface area contributed by atoms with Gasteiger partial charge < -0.3 is 10.2 Å². The molecule has 0 fully saturated rings. The molecule has 0 saturated carbocycles. The van der Waals surface area contributed by atoms with Crippen LogP contribution in [0.1, 0.15) is 41.2 Å². The summed E-state index contributed by atoms with van der Waals surface area (Å²) in [6.45, 7) is 7.58. The largest absolute Gasteiger partial charge is 0.354 e. The van der Waals surface area contributed by atoms with Crippen LogP contribution in [0.5, 0.6) is 0 Å². The zero-order valence-electron chi connectivity index (χ0n) is 26.2. The number of sulfonamides is 1. The Morgan fingerprint density at radius 2 is 1.49 bits per heavy atom. The van der Waals surface area contributed by atoms with Crippen molar-refractivity contribution in [2.45, 2.75) is 58.0 Å². The molecule has 1 atom stereocenters. The van der Waals surface area contributed by atoms with Crippen LogP contribution < -0.4 is 9.62 Å². The number of hydrogen-bond donors (Lipinski definition) is 1. The molecule has 0 aliphatic carbocycles. The summed E-state index contributed by atoms with van der Waals surface area (Å²) >= 11 is 6.31. The number of nitrogens with one attached hydrogen (secondary N) is 1. The Bertz CT molecular complexity index is 1730.